The van der Waals surface area contributed by atoms with Crippen LogP contribution in [0.15, 0.2) is 18.2 Å². The molecule has 0 heterocycles. The molecular weight excluding hydrogens is 266 g/mol. The summed E-state index contributed by atoms with van der Waals surface area (Å²) in [7, 11) is 0. The molecule has 0 aliphatic carbocycles. The second kappa shape index (κ2) is 9.03. The van der Waals surface area contributed by atoms with Gasteiger partial charge in [-0.25, -0.2) is 0 Å². The van der Waals surface area contributed by atoms with Crippen LogP contribution in [-0.4, -0.2) is 42.1 Å². The summed E-state index contributed by atoms with van der Waals surface area (Å²) in [5.41, 5.74) is 2.14. The SMILES string of the molecule is Cc1cccc(C)c1OCC(O)CNCC(O)CC(C)C. The highest BCUT2D eigenvalue weighted by Crippen LogP contribution is 2.22. The smallest absolute Gasteiger partial charge is 0.125 e. The lowest BCUT2D eigenvalue weighted by Crippen LogP contribution is -2.36. The van der Waals surface area contributed by atoms with Gasteiger partial charge in [0.25, 0.3) is 0 Å². The fourth-order valence-corrected chi connectivity index (χ4v) is 2.31. The summed E-state index contributed by atoms with van der Waals surface area (Å²) in [5, 5.41) is 22.7. The van der Waals surface area contributed by atoms with Gasteiger partial charge in [-0.2, -0.15) is 0 Å². The number of ether oxygens (including phenoxy) is 1. The molecule has 0 spiro atoms. The molecular formula is C17H29NO3. The number of nitrogens with one attached hydrogen (secondary N) is 1. The lowest BCUT2D eigenvalue weighted by molar-refractivity contribution is 0.0960. The number of benzene rings is 1. The van der Waals surface area contributed by atoms with Gasteiger partial charge in [0.2, 0.25) is 0 Å². The molecule has 120 valence electrons. The first-order valence-electron chi connectivity index (χ1n) is 7.66. The van der Waals surface area contributed by atoms with E-state index in [0.29, 0.717) is 19.0 Å². The molecule has 1 aromatic rings. The zero-order valence-corrected chi connectivity index (χ0v) is 13.6. The van der Waals surface area contributed by atoms with Crippen molar-refractivity contribution in [1.29, 1.82) is 0 Å². The van der Waals surface area contributed by atoms with Gasteiger partial charge in [0, 0.05) is 13.1 Å². The largest absolute Gasteiger partial charge is 0.490 e. The number of para-hydroxylation sites is 1. The zero-order chi connectivity index (χ0) is 15.8. The summed E-state index contributed by atoms with van der Waals surface area (Å²) in [4.78, 5) is 0. The van der Waals surface area contributed by atoms with Crippen LogP contribution in [0.4, 0.5) is 0 Å². The van der Waals surface area contributed by atoms with Crippen molar-refractivity contribution in [2.45, 2.75) is 46.3 Å². The molecule has 2 atom stereocenters. The Morgan fingerprint density at radius 1 is 1.05 bits per heavy atom. The van der Waals surface area contributed by atoms with Gasteiger partial charge in [-0.1, -0.05) is 32.0 Å². The molecule has 0 amide bonds. The molecule has 0 bridgehead atoms. The molecule has 1 aromatic carbocycles. The van der Waals surface area contributed by atoms with Crippen molar-refractivity contribution < 1.29 is 14.9 Å². The van der Waals surface area contributed by atoms with Gasteiger partial charge >= 0.3 is 0 Å². The van der Waals surface area contributed by atoms with Crippen molar-refractivity contribution in [1.82, 2.24) is 5.32 Å². The van der Waals surface area contributed by atoms with Crippen molar-refractivity contribution in [3.63, 3.8) is 0 Å². The molecule has 1 rings (SSSR count). The summed E-state index contributed by atoms with van der Waals surface area (Å²) in [6, 6.07) is 5.98. The van der Waals surface area contributed by atoms with Crippen molar-refractivity contribution in [2.24, 2.45) is 5.92 Å². The molecule has 0 aromatic heterocycles. The molecule has 4 nitrogen and oxygen atoms in total. The fourth-order valence-electron chi connectivity index (χ4n) is 2.31. The maximum absolute atomic E-state index is 9.92. The Kier molecular flexibility index (Phi) is 7.72. The summed E-state index contributed by atoms with van der Waals surface area (Å²) in [5.74, 6) is 1.32. The average Bonchev–Trinajstić information content (AvgIpc) is 2.37. The van der Waals surface area contributed by atoms with Gasteiger partial charge in [-0.05, 0) is 37.3 Å². The Bertz CT molecular complexity index is 400. The zero-order valence-electron chi connectivity index (χ0n) is 13.6. The number of hydrogen-bond donors (Lipinski definition) is 3. The first-order chi connectivity index (χ1) is 9.90. The summed E-state index contributed by atoms with van der Waals surface area (Å²) in [6.07, 6.45) is -0.186. The van der Waals surface area contributed by atoms with Gasteiger partial charge in [0.05, 0.1) is 6.10 Å². The molecule has 0 saturated heterocycles. The van der Waals surface area contributed by atoms with Gasteiger partial charge < -0.3 is 20.3 Å². The van der Waals surface area contributed by atoms with E-state index in [-0.39, 0.29) is 12.7 Å². The Balaban J connectivity index is 2.27. The standard InChI is InChI=1S/C17H29NO3/c1-12(2)8-15(19)9-18-10-16(20)11-21-17-13(3)6-5-7-14(17)4/h5-7,12,15-16,18-20H,8-11H2,1-4H3. The van der Waals surface area contributed by atoms with Crippen LogP contribution in [-0.2, 0) is 0 Å². The maximum atomic E-state index is 9.92. The van der Waals surface area contributed by atoms with Crippen LogP contribution in [0.5, 0.6) is 5.75 Å². The van der Waals surface area contributed by atoms with Crippen LogP contribution in [0.1, 0.15) is 31.4 Å². The molecule has 21 heavy (non-hydrogen) atoms. The van der Waals surface area contributed by atoms with Crippen molar-refractivity contribution in [2.75, 3.05) is 19.7 Å². The van der Waals surface area contributed by atoms with Crippen molar-refractivity contribution in [3.8, 4) is 5.75 Å². The van der Waals surface area contributed by atoms with Crippen LogP contribution >= 0.6 is 0 Å². The molecule has 2 unspecified atom stereocenters. The van der Waals surface area contributed by atoms with Crippen LogP contribution in [0.3, 0.4) is 0 Å². The third kappa shape index (κ3) is 6.93. The lowest BCUT2D eigenvalue weighted by atomic mass is 10.1. The number of aliphatic hydroxyl groups is 2. The van der Waals surface area contributed by atoms with E-state index in [1.54, 1.807) is 0 Å². The second-order valence-corrected chi connectivity index (χ2v) is 6.13. The van der Waals surface area contributed by atoms with Gasteiger partial charge in [-0.3, -0.25) is 0 Å². The Labute approximate surface area is 128 Å². The molecule has 0 fully saturated rings. The number of aliphatic hydroxyl groups excluding tert-OH is 2. The summed E-state index contributed by atoms with van der Waals surface area (Å²) < 4.78 is 5.70. The highest BCUT2D eigenvalue weighted by molar-refractivity contribution is 5.39. The number of hydrogen-bond acceptors (Lipinski definition) is 4. The molecule has 0 aliphatic heterocycles. The normalized spacial score (nSPS) is 14.2. The van der Waals surface area contributed by atoms with Gasteiger partial charge in [0.15, 0.2) is 0 Å². The van der Waals surface area contributed by atoms with Crippen LogP contribution < -0.4 is 10.1 Å². The Hall–Kier alpha value is -1.10. The van der Waals surface area contributed by atoms with E-state index < -0.39 is 6.10 Å². The minimum absolute atomic E-state index is 0.249. The van der Waals surface area contributed by atoms with Crippen LogP contribution in [0.25, 0.3) is 0 Å². The van der Waals surface area contributed by atoms with E-state index in [4.69, 9.17) is 4.74 Å². The van der Waals surface area contributed by atoms with Gasteiger partial charge in [-0.15, -0.1) is 0 Å². The van der Waals surface area contributed by atoms with E-state index in [1.165, 1.54) is 0 Å². The van der Waals surface area contributed by atoms with E-state index in [2.05, 4.69) is 19.2 Å². The van der Waals surface area contributed by atoms with Crippen LogP contribution in [0, 0.1) is 19.8 Å². The second-order valence-electron chi connectivity index (χ2n) is 6.13. The van der Waals surface area contributed by atoms with Crippen molar-refractivity contribution >= 4 is 0 Å². The van der Waals surface area contributed by atoms with E-state index >= 15 is 0 Å². The fraction of sp³-hybridized carbons (Fsp3) is 0.647. The monoisotopic (exact) mass is 295 g/mol. The highest BCUT2D eigenvalue weighted by atomic mass is 16.5. The number of aryl methyl sites for hydroxylation is 2. The predicted octanol–water partition coefficient (Wildman–Crippen LogP) is 2.04. The van der Waals surface area contributed by atoms with Gasteiger partial charge in [0.1, 0.15) is 18.5 Å². The minimum Gasteiger partial charge on any atom is -0.490 e. The molecule has 0 saturated carbocycles. The Morgan fingerprint density at radius 2 is 1.62 bits per heavy atom. The van der Waals surface area contributed by atoms with Crippen molar-refractivity contribution in [3.05, 3.63) is 29.3 Å². The molecule has 0 radical (unpaired) electrons. The van der Waals surface area contributed by atoms with Crippen LogP contribution in [0.2, 0.25) is 0 Å². The topological polar surface area (TPSA) is 61.7 Å². The van der Waals surface area contributed by atoms with E-state index in [9.17, 15) is 10.2 Å². The minimum atomic E-state index is -0.588. The van der Waals surface area contributed by atoms with E-state index in [1.807, 2.05) is 32.0 Å². The molecule has 4 heteroatoms. The third-order valence-corrected chi connectivity index (χ3v) is 3.33. The first-order valence-corrected chi connectivity index (χ1v) is 7.66. The quantitative estimate of drug-likeness (QED) is 0.652. The maximum Gasteiger partial charge on any atom is 0.125 e. The predicted molar refractivity (Wildman–Crippen MR) is 85.7 cm³/mol. The van der Waals surface area contributed by atoms with E-state index in [0.717, 1.165) is 23.3 Å². The summed E-state index contributed by atoms with van der Waals surface area (Å²) in [6.45, 7) is 9.31. The highest BCUT2D eigenvalue weighted by Gasteiger charge is 2.10. The first kappa shape index (κ1) is 18.0. The molecule has 3 N–H and O–H groups in total. The summed E-state index contributed by atoms with van der Waals surface area (Å²) >= 11 is 0. The lowest BCUT2D eigenvalue weighted by Gasteiger charge is -2.18. The molecule has 0 aliphatic rings. The average molecular weight is 295 g/mol. The third-order valence-electron chi connectivity index (χ3n) is 3.33. The Morgan fingerprint density at radius 3 is 2.19 bits per heavy atom. The number of rotatable bonds is 9.